The van der Waals surface area contributed by atoms with Crippen molar-refractivity contribution in [1.82, 2.24) is 10.3 Å². The number of nitrogens with one attached hydrogen (secondary N) is 1. The first-order valence-electron chi connectivity index (χ1n) is 10.9. The standard InChI is InChI=1S/C28H23FN2O4/c1-35-25-15-14-23(28(34)31-24(17-26(32)33)21-12-5-6-13-22(21)29)30-27(25)20-11-7-10-19(16-20)18-8-3-2-4-9-18/h2-16,24H,17H2,1H3,(H,31,34)(H,32,33). The van der Waals surface area contributed by atoms with Crippen molar-refractivity contribution in [3.63, 3.8) is 0 Å². The highest BCUT2D eigenvalue weighted by Gasteiger charge is 2.23. The number of hydrogen-bond acceptors (Lipinski definition) is 4. The third-order valence-electron chi connectivity index (χ3n) is 5.52. The van der Waals surface area contributed by atoms with Gasteiger partial charge in [-0.3, -0.25) is 9.59 Å². The van der Waals surface area contributed by atoms with E-state index in [1.54, 1.807) is 12.1 Å². The summed E-state index contributed by atoms with van der Waals surface area (Å²) in [5, 5.41) is 11.9. The lowest BCUT2D eigenvalue weighted by Gasteiger charge is -2.18. The van der Waals surface area contributed by atoms with Crippen LogP contribution in [-0.2, 0) is 4.79 Å². The number of carbonyl (C=O) groups excluding carboxylic acids is 1. The quantitative estimate of drug-likeness (QED) is 0.355. The van der Waals surface area contributed by atoms with Gasteiger partial charge in [-0.2, -0.15) is 0 Å². The molecule has 6 nitrogen and oxygen atoms in total. The van der Waals surface area contributed by atoms with Gasteiger partial charge in [0.25, 0.3) is 5.91 Å². The van der Waals surface area contributed by atoms with Gasteiger partial charge in [0.2, 0.25) is 0 Å². The fourth-order valence-electron chi connectivity index (χ4n) is 3.82. The lowest BCUT2D eigenvalue weighted by molar-refractivity contribution is -0.137. The van der Waals surface area contributed by atoms with Gasteiger partial charge in [-0.25, -0.2) is 9.37 Å². The van der Waals surface area contributed by atoms with Gasteiger partial charge in [0, 0.05) is 11.1 Å². The van der Waals surface area contributed by atoms with Gasteiger partial charge in [0.05, 0.1) is 19.6 Å². The van der Waals surface area contributed by atoms with Crippen LogP contribution in [0.5, 0.6) is 5.75 Å². The number of carboxylic acids is 1. The predicted molar refractivity (Wildman–Crippen MR) is 131 cm³/mol. The smallest absolute Gasteiger partial charge is 0.305 e. The summed E-state index contributed by atoms with van der Waals surface area (Å²) in [5.41, 5.74) is 3.35. The Bertz CT molecular complexity index is 1360. The second kappa shape index (κ2) is 10.6. The molecular formula is C28H23FN2O4. The van der Waals surface area contributed by atoms with Gasteiger partial charge >= 0.3 is 5.97 Å². The third kappa shape index (κ3) is 5.52. The molecule has 1 unspecified atom stereocenters. The summed E-state index contributed by atoms with van der Waals surface area (Å²) in [6.07, 6.45) is -0.477. The number of nitrogens with zero attached hydrogens (tertiary/aromatic N) is 1. The molecule has 0 spiro atoms. The summed E-state index contributed by atoms with van der Waals surface area (Å²) in [6, 6.07) is 25.3. The van der Waals surface area contributed by atoms with Gasteiger partial charge in [-0.15, -0.1) is 0 Å². The molecular weight excluding hydrogens is 447 g/mol. The maximum Gasteiger partial charge on any atom is 0.305 e. The number of hydrogen-bond donors (Lipinski definition) is 2. The molecule has 176 valence electrons. The molecule has 2 N–H and O–H groups in total. The van der Waals surface area contributed by atoms with Gasteiger partial charge in [-0.05, 0) is 35.4 Å². The summed E-state index contributed by atoms with van der Waals surface area (Å²) >= 11 is 0. The van der Waals surface area contributed by atoms with Crippen LogP contribution in [0.1, 0.15) is 28.5 Å². The number of aromatic nitrogens is 1. The monoisotopic (exact) mass is 470 g/mol. The Balaban J connectivity index is 1.67. The van der Waals surface area contributed by atoms with Crippen molar-refractivity contribution in [1.29, 1.82) is 0 Å². The van der Waals surface area contributed by atoms with Crippen LogP contribution in [0.2, 0.25) is 0 Å². The van der Waals surface area contributed by atoms with E-state index in [2.05, 4.69) is 10.3 Å². The van der Waals surface area contributed by atoms with Gasteiger partial charge in [0.1, 0.15) is 23.0 Å². The number of ether oxygens (including phenoxy) is 1. The van der Waals surface area contributed by atoms with Crippen LogP contribution in [0.3, 0.4) is 0 Å². The first kappa shape index (κ1) is 23.6. The van der Waals surface area contributed by atoms with Crippen molar-refractivity contribution in [3.8, 4) is 28.1 Å². The first-order valence-corrected chi connectivity index (χ1v) is 10.9. The van der Waals surface area contributed by atoms with Crippen molar-refractivity contribution >= 4 is 11.9 Å². The number of pyridine rings is 1. The Morgan fingerprint density at radius 3 is 2.31 bits per heavy atom. The largest absolute Gasteiger partial charge is 0.494 e. The van der Waals surface area contributed by atoms with E-state index in [0.717, 1.165) is 16.7 Å². The van der Waals surface area contributed by atoms with Crippen molar-refractivity contribution < 1.29 is 23.8 Å². The second-order valence-electron chi connectivity index (χ2n) is 7.84. The number of methoxy groups -OCH3 is 1. The van der Waals surface area contributed by atoms with Crippen LogP contribution in [0.4, 0.5) is 4.39 Å². The van der Waals surface area contributed by atoms with Crippen LogP contribution in [0, 0.1) is 5.82 Å². The highest BCUT2D eigenvalue weighted by atomic mass is 19.1. The Morgan fingerprint density at radius 2 is 1.60 bits per heavy atom. The number of aliphatic carboxylic acids is 1. The normalized spacial score (nSPS) is 11.5. The molecule has 0 aliphatic heterocycles. The maximum absolute atomic E-state index is 14.3. The molecule has 0 fully saturated rings. The summed E-state index contributed by atoms with van der Waals surface area (Å²) < 4.78 is 19.8. The molecule has 0 radical (unpaired) electrons. The molecule has 1 amide bonds. The molecule has 3 aromatic carbocycles. The minimum atomic E-state index is -1.17. The molecule has 1 aromatic heterocycles. The van der Waals surface area contributed by atoms with Crippen LogP contribution in [-0.4, -0.2) is 29.1 Å². The zero-order chi connectivity index (χ0) is 24.8. The molecule has 0 saturated heterocycles. The summed E-state index contributed by atoms with van der Waals surface area (Å²) in [7, 11) is 1.52. The number of halogens is 1. The number of benzene rings is 3. The van der Waals surface area contributed by atoms with E-state index >= 15 is 0 Å². The number of amides is 1. The molecule has 7 heteroatoms. The van der Waals surface area contributed by atoms with E-state index in [0.29, 0.717) is 11.4 Å². The van der Waals surface area contributed by atoms with Crippen molar-refractivity contribution in [2.75, 3.05) is 7.11 Å². The molecule has 1 atom stereocenters. The van der Waals surface area contributed by atoms with Crippen LogP contribution < -0.4 is 10.1 Å². The topological polar surface area (TPSA) is 88.5 Å². The molecule has 35 heavy (non-hydrogen) atoms. The Morgan fingerprint density at radius 1 is 0.914 bits per heavy atom. The minimum Gasteiger partial charge on any atom is -0.494 e. The molecule has 0 aliphatic carbocycles. The predicted octanol–water partition coefficient (Wildman–Crippen LogP) is 5.51. The average molecular weight is 471 g/mol. The Labute approximate surface area is 202 Å². The summed E-state index contributed by atoms with van der Waals surface area (Å²) in [4.78, 5) is 29.0. The highest BCUT2D eigenvalue weighted by Crippen LogP contribution is 2.31. The van der Waals surface area contributed by atoms with Crippen LogP contribution in [0.15, 0.2) is 91.0 Å². The van der Waals surface area contributed by atoms with E-state index in [9.17, 15) is 19.1 Å². The zero-order valence-corrected chi connectivity index (χ0v) is 18.9. The molecule has 0 bridgehead atoms. The SMILES string of the molecule is COc1ccc(C(=O)NC(CC(=O)O)c2ccccc2F)nc1-c1cccc(-c2ccccc2)c1. The van der Waals surface area contributed by atoms with E-state index in [1.165, 1.54) is 31.4 Å². The average Bonchev–Trinajstić information content (AvgIpc) is 2.88. The lowest BCUT2D eigenvalue weighted by Crippen LogP contribution is -2.31. The molecule has 0 aliphatic rings. The molecule has 1 heterocycles. The maximum atomic E-state index is 14.3. The highest BCUT2D eigenvalue weighted by molar-refractivity contribution is 5.94. The Kier molecular flexibility index (Phi) is 7.16. The van der Waals surface area contributed by atoms with E-state index in [4.69, 9.17) is 4.74 Å². The fourth-order valence-corrected chi connectivity index (χ4v) is 3.82. The number of rotatable bonds is 8. The van der Waals surface area contributed by atoms with E-state index in [-0.39, 0.29) is 11.3 Å². The van der Waals surface area contributed by atoms with Crippen LogP contribution in [0.25, 0.3) is 22.4 Å². The Hall–Kier alpha value is -4.52. The zero-order valence-electron chi connectivity index (χ0n) is 18.9. The molecule has 0 saturated carbocycles. The number of carbonyl (C=O) groups is 2. The van der Waals surface area contributed by atoms with Crippen molar-refractivity contribution in [3.05, 3.63) is 108 Å². The molecule has 4 rings (SSSR count). The van der Waals surface area contributed by atoms with E-state index < -0.39 is 30.2 Å². The van der Waals surface area contributed by atoms with Crippen molar-refractivity contribution in [2.45, 2.75) is 12.5 Å². The van der Waals surface area contributed by atoms with E-state index in [1.807, 2.05) is 54.6 Å². The summed E-state index contributed by atoms with van der Waals surface area (Å²) in [5.74, 6) is -1.91. The van der Waals surface area contributed by atoms with Crippen molar-refractivity contribution in [2.24, 2.45) is 0 Å². The summed E-state index contributed by atoms with van der Waals surface area (Å²) in [6.45, 7) is 0. The molecule has 4 aromatic rings. The first-order chi connectivity index (χ1) is 17.0. The fraction of sp³-hybridized carbons (Fsp3) is 0.107. The second-order valence-corrected chi connectivity index (χ2v) is 7.84. The number of carboxylic acid groups (broad SMARTS) is 1. The van der Waals surface area contributed by atoms with Crippen LogP contribution >= 0.6 is 0 Å². The third-order valence-corrected chi connectivity index (χ3v) is 5.52. The lowest BCUT2D eigenvalue weighted by atomic mass is 10.0. The van der Waals surface area contributed by atoms with Gasteiger partial charge in [0.15, 0.2) is 0 Å². The minimum absolute atomic E-state index is 0.0534. The van der Waals surface area contributed by atoms with Gasteiger partial charge in [-0.1, -0.05) is 66.7 Å². The van der Waals surface area contributed by atoms with Gasteiger partial charge < -0.3 is 15.2 Å².